The van der Waals surface area contributed by atoms with Gasteiger partial charge in [-0.2, -0.15) is 0 Å². The Morgan fingerprint density at radius 1 is 1.25 bits per heavy atom. The molecule has 1 rings (SSSR count). The molecule has 134 valence electrons. The van der Waals surface area contributed by atoms with Crippen molar-refractivity contribution in [2.45, 2.75) is 45.4 Å². The Kier molecular flexibility index (Phi) is 6.98. The lowest BCUT2D eigenvalue weighted by Gasteiger charge is -2.19. The number of nitrogens with one attached hydrogen (secondary N) is 1. The van der Waals surface area contributed by atoms with E-state index in [9.17, 15) is 13.2 Å². The fraction of sp³-hybridized carbons (Fsp3) is 0.471. The van der Waals surface area contributed by atoms with Crippen LogP contribution in [0.25, 0.3) is 0 Å². The molecule has 1 aromatic carbocycles. The quantitative estimate of drug-likeness (QED) is 0.815. The molecule has 0 aliphatic carbocycles. The number of amides is 1. The number of hydrogen-bond donors (Lipinski definition) is 2. The van der Waals surface area contributed by atoms with Crippen LogP contribution in [0.1, 0.15) is 31.9 Å². The van der Waals surface area contributed by atoms with Gasteiger partial charge in [-0.1, -0.05) is 30.3 Å². The minimum Gasteiger partial charge on any atom is -0.444 e. The first-order valence-corrected chi connectivity index (χ1v) is 9.58. The maximum atomic E-state index is 11.6. The smallest absolute Gasteiger partial charge is 0.407 e. The molecule has 1 aromatic rings. The largest absolute Gasteiger partial charge is 0.444 e. The lowest BCUT2D eigenvalue weighted by Crippen LogP contribution is -2.32. The molecule has 1 amide bonds. The van der Waals surface area contributed by atoms with Crippen LogP contribution >= 0.6 is 0 Å². The Balaban J connectivity index is 2.51. The van der Waals surface area contributed by atoms with Gasteiger partial charge in [-0.15, -0.1) is 0 Å². The highest BCUT2D eigenvalue weighted by Crippen LogP contribution is 2.09. The minimum absolute atomic E-state index is 0.370. The van der Waals surface area contributed by atoms with Crippen molar-refractivity contribution < 1.29 is 17.9 Å². The van der Waals surface area contributed by atoms with Crippen molar-refractivity contribution in [3.8, 4) is 0 Å². The van der Waals surface area contributed by atoms with Gasteiger partial charge in [0, 0.05) is 24.3 Å². The maximum absolute atomic E-state index is 11.6. The number of hydrogen-bond acceptors (Lipinski definition) is 5. The van der Waals surface area contributed by atoms with E-state index in [2.05, 4.69) is 5.32 Å². The van der Waals surface area contributed by atoms with Crippen molar-refractivity contribution in [1.29, 1.82) is 0 Å². The molecule has 0 radical (unpaired) electrons. The van der Waals surface area contributed by atoms with E-state index in [1.807, 2.05) is 45.0 Å². The van der Waals surface area contributed by atoms with E-state index >= 15 is 0 Å². The molecule has 1 unspecified atom stereocenters. The van der Waals surface area contributed by atoms with Crippen LogP contribution in [0.4, 0.5) is 4.79 Å². The number of carbonyl (C=O) groups is 1. The Labute approximate surface area is 144 Å². The molecule has 0 saturated carbocycles. The Hall–Kier alpha value is -1.86. The van der Waals surface area contributed by atoms with E-state index in [0.29, 0.717) is 13.0 Å². The van der Waals surface area contributed by atoms with Crippen LogP contribution in [0.2, 0.25) is 0 Å². The molecule has 7 heteroatoms. The second-order valence-corrected chi connectivity index (χ2v) is 8.63. The summed E-state index contributed by atoms with van der Waals surface area (Å²) in [6.45, 7) is 5.80. The zero-order chi connectivity index (χ0) is 18.4. The predicted octanol–water partition coefficient (Wildman–Crippen LogP) is 2.14. The Morgan fingerprint density at radius 3 is 2.29 bits per heavy atom. The van der Waals surface area contributed by atoms with E-state index in [1.165, 1.54) is 6.08 Å². The van der Waals surface area contributed by atoms with E-state index in [-0.39, 0.29) is 6.04 Å². The summed E-state index contributed by atoms with van der Waals surface area (Å²) in [4.78, 5) is 11.6. The summed E-state index contributed by atoms with van der Waals surface area (Å²) in [6.07, 6.45) is 2.68. The van der Waals surface area contributed by atoms with Gasteiger partial charge in [0.2, 0.25) is 0 Å². The summed E-state index contributed by atoms with van der Waals surface area (Å²) >= 11 is 0. The number of rotatable bonds is 6. The molecule has 3 N–H and O–H groups in total. The van der Waals surface area contributed by atoms with Crippen molar-refractivity contribution in [1.82, 2.24) is 5.32 Å². The van der Waals surface area contributed by atoms with Gasteiger partial charge < -0.3 is 15.8 Å². The first-order chi connectivity index (χ1) is 10.9. The summed E-state index contributed by atoms with van der Waals surface area (Å²) in [5, 5.41) is 3.81. The van der Waals surface area contributed by atoms with Crippen molar-refractivity contribution >= 4 is 15.9 Å². The van der Waals surface area contributed by atoms with Crippen molar-refractivity contribution in [3.63, 3.8) is 0 Å². The summed E-state index contributed by atoms with van der Waals surface area (Å²) < 4.78 is 27.3. The van der Waals surface area contributed by atoms with Crippen LogP contribution in [0, 0.1) is 0 Å². The van der Waals surface area contributed by atoms with Gasteiger partial charge in [-0.3, -0.25) is 0 Å². The molecule has 1 atom stereocenters. The SMILES string of the molecule is CC(C)(C)OC(=O)NCc1ccc(CC(N)C=CS(C)(=O)=O)cc1. The first-order valence-electron chi connectivity index (χ1n) is 7.63. The molecule has 6 nitrogen and oxygen atoms in total. The molecule has 0 aliphatic rings. The van der Waals surface area contributed by atoms with Crippen LogP contribution in [0.3, 0.4) is 0 Å². The zero-order valence-corrected chi connectivity index (χ0v) is 15.4. The average Bonchev–Trinajstić information content (AvgIpc) is 2.42. The Bertz CT molecular complexity index is 674. The molecular weight excluding hydrogens is 328 g/mol. The molecule has 0 aromatic heterocycles. The fourth-order valence-electron chi connectivity index (χ4n) is 1.87. The zero-order valence-electron chi connectivity index (χ0n) is 14.6. The average molecular weight is 354 g/mol. The fourth-order valence-corrected chi connectivity index (χ4v) is 2.35. The van der Waals surface area contributed by atoms with Gasteiger partial charge in [0.25, 0.3) is 0 Å². The van der Waals surface area contributed by atoms with E-state index in [1.54, 1.807) is 0 Å². The number of sulfone groups is 1. The third-order valence-electron chi connectivity index (χ3n) is 2.90. The van der Waals surface area contributed by atoms with Gasteiger partial charge in [-0.05, 0) is 38.3 Å². The summed E-state index contributed by atoms with van der Waals surface area (Å²) in [5.74, 6) is 0. The summed E-state index contributed by atoms with van der Waals surface area (Å²) in [5.41, 5.74) is 7.28. The number of carbonyl (C=O) groups excluding carboxylic acids is 1. The van der Waals surface area contributed by atoms with Crippen molar-refractivity contribution in [3.05, 3.63) is 46.9 Å². The lowest BCUT2D eigenvalue weighted by atomic mass is 10.0. The standard InChI is InChI=1S/C17H26N2O4S/c1-17(2,3)23-16(20)19-12-14-7-5-13(6-8-14)11-15(18)9-10-24(4,21)22/h5-10,15H,11-12,18H2,1-4H3,(H,19,20). The molecule has 0 saturated heterocycles. The van der Waals surface area contributed by atoms with Crippen LogP contribution in [-0.2, 0) is 27.5 Å². The monoisotopic (exact) mass is 354 g/mol. The molecule has 24 heavy (non-hydrogen) atoms. The van der Waals surface area contributed by atoms with Crippen molar-refractivity contribution in [2.75, 3.05) is 6.26 Å². The maximum Gasteiger partial charge on any atom is 0.407 e. The molecule has 0 spiro atoms. The van der Waals surface area contributed by atoms with Gasteiger partial charge in [-0.25, -0.2) is 13.2 Å². The Morgan fingerprint density at radius 2 is 1.79 bits per heavy atom. The predicted molar refractivity (Wildman–Crippen MR) is 95.2 cm³/mol. The van der Waals surface area contributed by atoms with Gasteiger partial charge in [0.15, 0.2) is 9.84 Å². The van der Waals surface area contributed by atoms with E-state index in [4.69, 9.17) is 10.5 Å². The van der Waals surface area contributed by atoms with Gasteiger partial charge in [0.05, 0.1) is 0 Å². The van der Waals surface area contributed by atoms with Crippen LogP contribution in [0.15, 0.2) is 35.7 Å². The van der Waals surface area contributed by atoms with Crippen molar-refractivity contribution in [2.24, 2.45) is 5.73 Å². The highest BCUT2D eigenvalue weighted by Gasteiger charge is 2.15. The highest BCUT2D eigenvalue weighted by atomic mass is 32.2. The molecule has 0 aliphatic heterocycles. The number of benzene rings is 1. The van der Waals surface area contributed by atoms with E-state index < -0.39 is 21.5 Å². The lowest BCUT2D eigenvalue weighted by molar-refractivity contribution is 0.0523. The molecule has 0 fully saturated rings. The molecular formula is C17H26N2O4S. The number of nitrogens with two attached hydrogens (primary N) is 1. The van der Waals surface area contributed by atoms with Gasteiger partial charge >= 0.3 is 6.09 Å². The van der Waals surface area contributed by atoms with Gasteiger partial charge in [0.1, 0.15) is 5.60 Å². The minimum atomic E-state index is -3.16. The molecule has 0 heterocycles. The second-order valence-electron chi connectivity index (χ2n) is 6.70. The summed E-state index contributed by atoms with van der Waals surface area (Å²) in [7, 11) is -3.16. The van der Waals surface area contributed by atoms with Crippen LogP contribution in [-0.4, -0.2) is 32.4 Å². The van der Waals surface area contributed by atoms with Crippen LogP contribution < -0.4 is 11.1 Å². The molecule has 0 bridgehead atoms. The number of ether oxygens (including phenoxy) is 1. The second kappa shape index (κ2) is 8.30. The van der Waals surface area contributed by atoms with Crippen LogP contribution in [0.5, 0.6) is 0 Å². The summed E-state index contributed by atoms with van der Waals surface area (Å²) in [6, 6.07) is 7.21. The number of alkyl carbamates (subject to hydrolysis) is 1. The third kappa shape index (κ3) is 9.32. The third-order valence-corrected chi connectivity index (χ3v) is 3.55. The topological polar surface area (TPSA) is 98.5 Å². The highest BCUT2D eigenvalue weighted by molar-refractivity contribution is 7.93. The normalized spacial score (nSPS) is 13.7. The van der Waals surface area contributed by atoms with E-state index in [0.717, 1.165) is 22.8 Å². The first kappa shape index (κ1) is 20.2.